The van der Waals surface area contributed by atoms with Crippen LogP contribution in [0.1, 0.15) is 19.8 Å². The Morgan fingerprint density at radius 3 is 2.62 bits per heavy atom. The van der Waals surface area contributed by atoms with E-state index >= 15 is 0 Å². The molecule has 1 fully saturated rings. The summed E-state index contributed by atoms with van der Waals surface area (Å²) in [5.74, 6) is 0. The number of nitrogens with one attached hydrogen (secondary N) is 1. The fraction of sp³-hybridized carbons (Fsp3) is 0.889. The van der Waals surface area contributed by atoms with Gasteiger partial charge in [0.2, 0.25) is 6.41 Å². The fourth-order valence-electron chi connectivity index (χ4n) is 1.69. The van der Waals surface area contributed by atoms with E-state index in [2.05, 4.69) is 17.1 Å². The van der Waals surface area contributed by atoms with Crippen molar-refractivity contribution in [3.63, 3.8) is 0 Å². The third kappa shape index (κ3) is 2.97. The average Bonchev–Trinajstić information content (AvgIpc) is 2.16. The molecular formula is C9H18N2O2. The molecule has 0 aromatic carbocycles. The van der Waals surface area contributed by atoms with Crippen molar-refractivity contribution in [2.75, 3.05) is 26.2 Å². The Morgan fingerprint density at radius 2 is 2.15 bits per heavy atom. The Morgan fingerprint density at radius 1 is 1.54 bits per heavy atom. The SMILES string of the molecule is CCN1CCC(O)(CNC=O)CC1. The molecule has 0 aliphatic carbocycles. The van der Waals surface area contributed by atoms with Crippen molar-refractivity contribution in [1.82, 2.24) is 10.2 Å². The molecule has 0 unspecified atom stereocenters. The molecule has 1 rings (SSSR count). The van der Waals surface area contributed by atoms with Gasteiger partial charge in [-0.05, 0) is 19.4 Å². The number of hydrogen-bond donors (Lipinski definition) is 2. The third-order valence-corrected chi connectivity index (χ3v) is 2.75. The van der Waals surface area contributed by atoms with Gasteiger partial charge in [-0.15, -0.1) is 0 Å². The Kier molecular flexibility index (Phi) is 3.69. The first-order valence-electron chi connectivity index (χ1n) is 4.82. The first-order valence-corrected chi connectivity index (χ1v) is 4.82. The number of likely N-dealkylation sites (tertiary alicyclic amines) is 1. The number of carbonyl (C=O) groups is 1. The zero-order chi connectivity index (χ0) is 9.73. The molecule has 1 aliphatic heterocycles. The van der Waals surface area contributed by atoms with Crippen LogP contribution in [0, 0.1) is 0 Å². The molecule has 0 saturated carbocycles. The van der Waals surface area contributed by atoms with Crippen LogP contribution in [0.15, 0.2) is 0 Å². The second-order valence-electron chi connectivity index (χ2n) is 3.66. The highest BCUT2D eigenvalue weighted by Crippen LogP contribution is 2.20. The summed E-state index contributed by atoms with van der Waals surface area (Å²) in [5, 5.41) is 12.5. The minimum absolute atomic E-state index is 0.383. The number of nitrogens with zero attached hydrogens (tertiary/aromatic N) is 1. The van der Waals surface area contributed by atoms with E-state index in [1.165, 1.54) is 0 Å². The van der Waals surface area contributed by atoms with Gasteiger partial charge in [-0.2, -0.15) is 0 Å². The number of aliphatic hydroxyl groups is 1. The second-order valence-corrected chi connectivity index (χ2v) is 3.66. The highest BCUT2D eigenvalue weighted by molar-refractivity contribution is 5.46. The van der Waals surface area contributed by atoms with Gasteiger partial charge in [0.15, 0.2) is 0 Å². The molecule has 2 N–H and O–H groups in total. The van der Waals surface area contributed by atoms with Crippen molar-refractivity contribution in [1.29, 1.82) is 0 Å². The number of rotatable bonds is 4. The molecule has 0 atom stereocenters. The summed E-state index contributed by atoms with van der Waals surface area (Å²) < 4.78 is 0. The standard InChI is InChI=1S/C9H18N2O2/c1-2-11-5-3-9(13,4-6-11)7-10-8-12/h8,13H,2-7H2,1H3,(H,10,12). The van der Waals surface area contributed by atoms with E-state index < -0.39 is 5.60 Å². The maximum atomic E-state index is 10.1. The molecule has 1 aliphatic rings. The molecule has 0 spiro atoms. The predicted molar refractivity (Wildman–Crippen MR) is 50.4 cm³/mol. The molecule has 0 aromatic rings. The van der Waals surface area contributed by atoms with E-state index in [4.69, 9.17) is 0 Å². The van der Waals surface area contributed by atoms with E-state index in [-0.39, 0.29) is 0 Å². The van der Waals surface area contributed by atoms with Crippen LogP contribution in [0.3, 0.4) is 0 Å². The lowest BCUT2D eigenvalue weighted by atomic mass is 9.91. The minimum Gasteiger partial charge on any atom is -0.388 e. The van der Waals surface area contributed by atoms with Gasteiger partial charge in [-0.1, -0.05) is 6.92 Å². The van der Waals surface area contributed by atoms with Gasteiger partial charge in [0, 0.05) is 19.6 Å². The Bertz CT molecular complexity index is 165. The van der Waals surface area contributed by atoms with Crippen LogP contribution in [0.2, 0.25) is 0 Å². The lowest BCUT2D eigenvalue weighted by Gasteiger charge is -2.37. The number of carbonyl (C=O) groups excluding carboxylic acids is 1. The van der Waals surface area contributed by atoms with Gasteiger partial charge in [-0.3, -0.25) is 4.79 Å². The molecule has 13 heavy (non-hydrogen) atoms. The first kappa shape index (κ1) is 10.5. The predicted octanol–water partition coefficient (Wildman–Crippen LogP) is -0.421. The van der Waals surface area contributed by atoms with Crippen molar-refractivity contribution in [2.24, 2.45) is 0 Å². The third-order valence-electron chi connectivity index (χ3n) is 2.75. The van der Waals surface area contributed by atoms with Crippen molar-refractivity contribution < 1.29 is 9.90 Å². The lowest BCUT2D eigenvalue weighted by molar-refractivity contribution is -0.111. The van der Waals surface area contributed by atoms with Crippen LogP contribution >= 0.6 is 0 Å². The van der Waals surface area contributed by atoms with E-state index in [0.29, 0.717) is 13.0 Å². The molecule has 1 saturated heterocycles. The van der Waals surface area contributed by atoms with Gasteiger partial charge in [0.05, 0.1) is 5.60 Å². The smallest absolute Gasteiger partial charge is 0.207 e. The summed E-state index contributed by atoms with van der Waals surface area (Å²) in [7, 11) is 0. The Labute approximate surface area is 78.9 Å². The molecule has 0 radical (unpaired) electrons. The number of amides is 1. The normalized spacial score (nSPS) is 22.6. The van der Waals surface area contributed by atoms with E-state index in [0.717, 1.165) is 32.5 Å². The minimum atomic E-state index is -0.674. The molecule has 1 heterocycles. The lowest BCUT2D eigenvalue weighted by Crippen LogP contribution is -2.49. The monoisotopic (exact) mass is 186 g/mol. The van der Waals surface area contributed by atoms with Gasteiger partial charge in [0.25, 0.3) is 0 Å². The van der Waals surface area contributed by atoms with Crippen molar-refractivity contribution in [3.05, 3.63) is 0 Å². The fourth-order valence-corrected chi connectivity index (χ4v) is 1.69. The Balaban J connectivity index is 2.32. The summed E-state index contributed by atoms with van der Waals surface area (Å²) in [6, 6.07) is 0. The second kappa shape index (κ2) is 4.58. The molecule has 1 amide bonds. The topological polar surface area (TPSA) is 52.6 Å². The summed E-state index contributed by atoms with van der Waals surface area (Å²) in [5.41, 5.74) is -0.674. The molecule has 4 nitrogen and oxygen atoms in total. The maximum absolute atomic E-state index is 10.1. The maximum Gasteiger partial charge on any atom is 0.207 e. The Hall–Kier alpha value is -0.610. The summed E-state index contributed by atoms with van der Waals surface area (Å²) in [6.45, 7) is 5.39. The van der Waals surface area contributed by atoms with E-state index in [1.807, 2.05) is 0 Å². The van der Waals surface area contributed by atoms with Crippen LogP contribution in [-0.2, 0) is 4.79 Å². The van der Waals surface area contributed by atoms with Crippen LogP contribution in [0.25, 0.3) is 0 Å². The zero-order valence-electron chi connectivity index (χ0n) is 8.12. The summed E-state index contributed by atoms with van der Waals surface area (Å²) in [4.78, 5) is 12.4. The van der Waals surface area contributed by atoms with Crippen molar-refractivity contribution >= 4 is 6.41 Å². The average molecular weight is 186 g/mol. The molecule has 76 valence electrons. The van der Waals surface area contributed by atoms with E-state index in [9.17, 15) is 9.90 Å². The highest BCUT2D eigenvalue weighted by Gasteiger charge is 2.31. The highest BCUT2D eigenvalue weighted by atomic mass is 16.3. The molecule has 0 bridgehead atoms. The number of hydrogen-bond acceptors (Lipinski definition) is 3. The van der Waals surface area contributed by atoms with Crippen LogP contribution < -0.4 is 5.32 Å². The van der Waals surface area contributed by atoms with Gasteiger partial charge in [-0.25, -0.2) is 0 Å². The van der Waals surface area contributed by atoms with Crippen LogP contribution in [-0.4, -0.2) is 48.2 Å². The van der Waals surface area contributed by atoms with Crippen LogP contribution in [0.4, 0.5) is 0 Å². The summed E-state index contributed by atoms with van der Waals surface area (Å²) >= 11 is 0. The van der Waals surface area contributed by atoms with E-state index in [1.54, 1.807) is 0 Å². The van der Waals surface area contributed by atoms with Gasteiger partial charge in [0.1, 0.15) is 0 Å². The molecular weight excluding hydrogens is 168 g/mol. The van der Waals surface area contributed by atoms with Crippen molar-refractivity contribution in [3.8, 4) is 0 Å². The zero-order valence-corrected chi connectivity index (χ0v) is 8.12. The quantitative estimate of drug-likeness (QED) is 0.586. The molecule has 4 heteroatoms. The number of piperidine rings is 1. The summed E-state index contributed by atoms with van der Waals surface area (Å²) in [6.07, 6.45) is 2.15. The van der Waals surface area contributed by atoms with Gasteiger partial charge < -0.3 is 15.3 Å². The molecule has 0 aromatic heterocycles. The largest absolute Gasteiger partial charge is 0.388 e. The van der Waals surface area contributed by atoms with Crippen LogP contribution in [0.5, 0.6) is 0 Å². The van der Waals surface area contributed by atoms with Gasteiger partial charge >= 0.3 is 0 Å². The van der Waals surface area contributed by atoms with Crippen molar-refractivity contribution in [2.45, 2.75) is 25.4 Å². The first-order chi connectivity index (χ1) is 6.20.